The second-order valence-corrected chi connectivity index (χ2v) is 6.19. The minimum Gasteiger partial charge on any atom is -0.497 e. The van der Waals surface area contributed by atoms with Crippen LogP contribution in [0, 0.1) is 0 Å². The number of nitrogens with zero attached hydrogens (tertiary/aromatic N) is 2. The van der Waals surface area contributed by atoms with Gasteiger partial charge in [-0.2, -0.15) is 0 Å². The number of hydrogen-bond donors (Lipinski definition) is 0. The molecule has 1 aromatic heterocycles. The maximum absolute atomic E-state index is 5.45. The lowest BCUT2D eigenvalue weighted by Gasteiger charge is -2.11. The van der Waals surface area contributed by atoms with Gasteiger partial charge >= 0.3 is 0 Å². The molecule has 0 bridgehead atoms. The fourth-order valence-electron chi connectivity index (χ4n) is 2.49. The van der Waals surface area contributed by atoms with Gasteiger partial charge in [-0.15, -0.1) is 0 Å². The molecule has 0 fully saturated rings. The molecule has 0 unspecified atom stereocenters. The van der Waals surface area contributed by atoms with Crippen LogP contribution in [-0.2, 0) is 5.75 Å². The molecule has 0 aliphatic heterocycles. The molecule has 0 saturated carbocycles. The minimum atomic E-state index is 0.724. The second kappa shape index (κ2) is 7.98. The highest BCUT2D eigenvalue weighted by molar-refractivity contribution is 7.98. The van der Waals surface area contributed by atoms with Gasteiger partial charge in [0, 0.05) is 29.8 Å². The summed E-state index contributed by atoms with van der Waals surface area (Å²) in [6.45, 7) is 0. The standard InChI is InChI=1S/C19H20N2O3S/c1-22-16-6-4-5-15(12-16)21-10-9-20-19(21)25-13-14-11-17(23-2)7-8-18(14)24-3/h4-12H,13H2,1-3H3. The summed E-state index contributed by atoms with van der Waals surface area (Å²) < 4.78 is 18.1. The Morgan fingerprint density at radius 3 is 2.52 bits per heavy atom. The van der Waals surface area contributed by atoms with Crippen molar-refractivity contribution in [1.82, 2.24) is 9.55 Å². The monoisotopic (exact) mass is 356 g/mol. The first-order chi connectivity index (χ1) is 12.2. The van der Waals surface area contributed by atoms with Crippen LogP contribution in [0.2, 0.25) is 0 Å². The molecule has 2 aromatic carbocycles. The molecule has 0 atom stereocenters. The number of hydrogen-bond acceptors (Lipinski definition) is 5. The molecule has 0 aliphatic rings. The van der Waals surface area contributed by atoms with Crippen LogP contribution in [0.4, 0.5) is 0 Å². The molecule has 6 heteroatoms. The predicted molar refractivity (Wildman–Crippen MR) is 99.2 cm³/mol. The highest BCUT2D eigenvalue weighted by atomic mass is 32.2. The maximum Gasteiger partial charge on any atom is 0.172 e. The third kappa shape index (κ3) is 3.91. The Morgan fingerprint density at radius 1 is 0.960 bits per heavy atom. The molecule has 0 spiro atoms. The molecule has 0 saturated heterocycles. The van der Waals surface area contributed by atoms with Crippen LogP contribution in [0.1, 0.15) is 5.56 Å². The Balaban J connectivity index is 1.82. The van der Waals surface area contributed by atoms with E-state index in [1.165, 1.54) is 0 Å². The van der Waals surface area contributed by atoms with Crippen molar-refractivity contribution in [2.75, 3.05) is 21.3 Å². The Kier molecular flexibility index (Phi) is 5.50. The summed E-state index contributed by atoms with van der Waals surface area (Å²) in [7, 11) is 5.00. The van der Waals surface area contributed by atoms with Crippen molar-refractivity contribution in [2.24, 2.45) is 0 Å². The van der Waals surface area contributed by atoms with Crippen LogP contribution < -0.4 is 14.2 Å². The number of benzene rings is 2. The zero-order valence-electron chi connectivity index (χ0n) is 14.4. The van der Waals surface area contributed by atoms with Crippen LogP contribution in [0.3, 0.4) is 0 Å². The molecule has 0 aliphatic carbocycles. The number of ether oxygens (including phenoxy) is 3. The van der Waals surface area contributed by atoms with Gasteiger partial charge in [-0.1, -0.05) is 17.8 Å². The highest BCUT2D eigenvalue weighted by Gasteiger charge is 2.10. The third-order valence-electron chi connectivity index (χ3n) is 3.78. The number of methoxy groups -OCH3 is 3. The fourth-order valence-corrected chi connectivity index (χ4v) is 3.44. The molecule has 0 N–H and O–H groups in total. The summed E-state index contributed by atoms with van der Waals surface area (Å²) in [5.74, 6) is 3.19. The summed E-state index contributed by atoms with van der Waals surface area (Å²) in [6.07, 6.45) is 3.74. The van der Waals surface area contributed by atoms with Crippen molar-refractivity contribution in [3.05, 3.63) is 60.4 Å². The van der Waals surface area contributed by atoms with E-state index in [4.69, 9.17) is 14.2 Å². The lowest BCUT2D eigenvalue weighted by Crippen LogP contribution is -1.97. The summed E-state index contributed by atoms with van der Waals surface area (Å²) in [6, 6.07) is 13.7. The van der Waals surface area contributed by atoms with Crippen molar-refractivity contribution in [1.29, 1.82) is 0 Å². The average molecular weight is 356 g/mol. The van der Waals surface area contributed by atoms with Crippen LogP contribution in [-0.4, -0.2) is 30.9 Å². The maximum atomic E-state index is 5.45. The highest BCUT2D eigenvalue weighted by Crippen LogP contribution is 2.31. The Bertz CT molecular complexity index is 848. The van der Waals surface area contributed by atoms with E-state index >= 15 is 0 Å². The van der Waals surface area contributed by atoms with Gasteiger partial charge in [0.05, 0.1) is 27.0 Å². The number of rotatable bonds is 7. The SMILES string of the molecule is COc1cccc(-n2ccnc2SCc2cc(OC)ccc2OC)c1. The van der Waals surface area contributed by atoms with Gasteiger partial charge in [-0.3, -0.25) is 4.57 Å². The van der Waals surface area contributed by atoms with Crippen LogP contribution in [0.5, 0.6) is 17.2 Å². The number of imidazole rings is 1. The second-order valence-electron chi connectivity index (χ2n) is 5.25. The Morgan fingerprint density at radius 2 is 1.76 bits per heavy atom. The fraction of sp³-hybridized carbons (Fsp3) is 0.211. The van der Waals surface area contributed by atoms with E-state index in [2.05, 4.69) is 4.98 Å². The van der Waals surface area contributed by atoms with E-state index in [9.17, 15) is 0 Å². The van der Waals surface area contributed by atoms with E-state index in [-0.39, 0.29) is 0 Å². The van der Waals surface area contributed by atoms with E-state index in [0.29, 0.717) is 0 Å². The van der Waals surface area contributed by atoms with E-state index in [1.54, 1.807) is 39.3 Å². The molecule has 25 heavy (non-hydrogen) atoms. The molecule has 3 aromatic rings. The van der Waals surface area contributed by atoms with Crippen molar-refractivity contribution < 1.29 is 14.2 Å². The smallest absolute Gasteiger partial charge is 0.172 e. The molecule has 0 amide bonds. The van der Waals surface area contributed by atoms with Crippen molar-refractivity contribution >= 4 is 11.8 Å². The summed E-state index contributed by atoms with van der Waals surface area (Å²) >= 11 is 1.64. The van der Waals surface area contributed by atoms with Crippen LogP contribution >= 0.6 is 11.8 Å². The lowest BCUT2D eigenvalue weighted by molar-refractivity contribution is 0.400. The minimum absolute atomic E-state index is 0.724. The van der Waals surface area contributed by atoms with Crippen molar-refractivity contribution in [3.8, 4) is 22.9 Å². The van der Waals surface area contributed by atoms with Gasteiger partial charge in [0.15, 0.2) is 5.16 Å². The van der Waals surface area contributed by atoms with E-state index in [1.807, 2.05) is 53.2 Å². The predicted octanol–water partition coefficient (Wildman–Crippen LogP) is 4.19. The molecular weight excluding hydrogens is 336 g/mol. The van der Waals surface area contributed by atoms with Crippen LogP contribution in [0.25, 0.3) is 5.69 Å². The Labute approximate surface area is 151 Å². The Hall–Kier alpha value is -2.60. The molecule has 1 heterocycles. The molecule has 5 nitrogen and oxygen atoms in total. The molecule has 130 valence electrons. The van der Waals surface area contributed by atoms with Gasteiger partial charge < -0.3 is 14.2 Å². The molecule has 3 rings (SSSR count). The van der Waals surface area contributed by atoms with Gasteiger partial charge in [-0.25, -0.2) is 4.98 Å². The summed E-state index contributed by atoms with van der Waals surface area (Å²) in [4.78, 5) is 4.47. The van der Waals surface area contributed by atoms with Gasteiger partial charge in [-0.05, 0) is 30.3 Å². The van der Waals surface area contributed by atoms with Crippen LogP contribution in [0.15, 0.2) is 60.0 Å². The first-order valence-corrected chi connectivity index (χ1v) is 8.75. The third-order valence-corrected chi connectivity index (χ3v) is 4.80. The normalized spacial score (nSPS) is 10.5. The molecule has 0 radical (unpaired) electrons. The first kappa shape index (κ1) is 17.2. The largest absolute Gasteiger partial charge is 0.497 e. The van der Waals surface area contributed by atoms with E-state index in [0.717, 1.165) is 39.4 Å². The molecular formula is C19H20N2O3S. The average Bonchev–Trinajstić information content (AvgIpc) is 3.14. The quantitative estimate of drug-likeness (QED) is 0.594. The zero-order valence-corrected chi connectivity index (χ0v) is 15.2. The topological polar surface area (TPSA) is 45.5 Å². The zero-order chi connectivity index (χ0) is 17.6. The lowest BCUT2D eigenvalue weighted by atomic mass is 10.2. The summed E-state index contributed by atoms with van der Waals surface area (Å²) in [5, 5.41) is 0.901. The summed E-state index contributed by atoms with van der Waals surface area (Å²) in [5.41, 5.74) is 2.07. The first-order valence-electron chi connectivity index (χ1n) is 7.76. The van der Waals surface area contributed by atoms with Gasteiger partial charge in [0.1, 0.15) is 17.2 Å². The van der Waals surface area contributed by atoms with Gasteiger partial charge in [0.2, 0.25) is 0 Å². The van der Waals surface area contributed by atoms with Crippen molar-refractivity contribution in [2.45, 2.75) is 10.9 Å². The number of thioether (sulfide) groups is 1. The van der Waals surface area contributed by atoms with Gasteiger partial charge in [0.25, 0.3) is 0 Å². The van der Waals surface area contributed by atoms with E-state index < -0.39 is 0 Å². The van der Waals surface area contributed by atoms with Crippen molar-refractivity contribution in [3.63, 3.8) is 0 Å². The number of aromatic nitrogens is 2.